The smallest absolute Gasteiger partial charge is 0.319 e. The van der Waals surface area contributed by atoms with Gasteiger partial charge >= 0.3 is 5.97 Å². The summed E-state index contributed by atoms with van der Waals surface area (Å²) in [5, 5.41) is 11.4. The fourth-order valence-electron chi connectivity index (χ4n) is 8.98. The number of hydrogen-bond donors (Lipinski definition) is 1. The summed E-state index contributed by atoms with van der Waals surface area (Å²) in [6.45, 7) is 17.4. The minimum Gasteiger partial charge on any atom is -0.463 e. The molecular weight excluding hydrogens is 624 g/mol. The minimum absolute atomic E-state index is 0.152. The second-order valence-corrected chi connectivity index (χ2v) is 16.5. The summed E-state index contributed by atoms with van der Waals surface area (Å²) in [6, 6.07) is 4.24. The Hall–Kier alpha value is -1.99. The number of ether oxygens (including phenoxy) is 4. The van der Waals surface area contributed by atoms with E-state index in [-0.39, 0.29) is 42.0 Å². The molecule has 1 aromatic rings. The number of aliphatic hydroxyl groups is 1. The van der Waals surface area contributed by atoms with Crippen LogP contribution < -0.4 is 0 Å². The largest absolute Gasteiger partial charge is 0.463 e. The molecule has 3 unspecified atom stereocenters. The lowest BCUT2D eigenvalue weighted by Crippen LogP contribution is -2.59. The molecule has 0 aliphatic carbocycles. The predicted octanol–water partition coefficient (Wildman–Crippen LogP) is 3.69. The molecular formula is C38H62N4O7. The lowest BCUT2D eigenvalue weighted by atomic mass is 9.74. The molecule has 4 aliphatic rings. The summed E-state index contributed by atoms with van der Waals surface area (Å²) in [5.41, 5.74) is -0.109. The van der Waals surface area contributed by atoms with Crippen molar-refractivity contribution in [2.24, 2.45) is 17.3 Å². The van der Waals surface area contributed by atoms with Crippen molar-refractivity contribution in [3.05, 3.63) is 29.6 Å². The fraction of sp³-hybridized carbons (Fsp3) is 0.816. The van der Waals surface area contributed by atoms with Crippen LogP contribution in [0.15, 0.2) is 18.3 Å². The van der Waals surface area contributed by atoms with Crippen LogP contribution in [-0.4, -0.2) is 132 Å². The van der Waals surface area contributed by atoms with Gasteiger partial charge in [0.05, 0.1) is 23.3 Å². The normalized spacial score (nSPS) is 40.4. The Bertz CT molecular complexity index is 1330. The lowest BCUT2D eigenvalue weighted by Gasteiger charge is -2.47. The number of esters is 1. The Morgan fingerprint density at radius 2 is 1.88 bits per heavy atom. The summed E-state index contributed by atoms with van der Waals surface area (Å²) >= 11 is 0. The van der Waals surface area contributed by atoms with Gasteiger partial charge in [0.15, 0.2) is 12.1 Å². The van der Waals surface area contributed by atoms with Crippen molar-refractivity contribution in [2.45, 2.75) is 135 Å². The second kappa shape index (κ2) is 14.9. The van der Waals surface area contributed by atoms with Crippen LogP contribution in [0.5, 0.6) is 0 Å². The van der Waals surface area contributed by atoms with E-state index in [4.69, 9.17) is 18.9 Å². The first-order valence-electron chi connectivity index (χ1n) is 18.4. The van der Waals surface area contributed by atoms with Crippen molar-refractivity contribution in [2.75, 3.05) is 47.4 Å². The zero-order valence-corrected chi connectivity index (χ0v) is 31.6. The molecule has 11 atom stereocenters. The summed E-state index contributed by atoms with van der Waals surface area (Å²) in [5.74, 6) is -1.39. The Morgan fingerprint density at radius 3 is 2.57 bits per heavy atom. The van der Waals surface area contributed by atoms with E-state index in [1.165, 1.54) is 11.3 Å². The van der Waals surface area contributed by atoms with Gasteiger partial charge in [-0.1, -0.05) is 19.9 Å². The number of fused-ring (bicyclic) bond motifs is 2. The van der Waals surface area contributed by atoms with Crippen LogP contribution >= 0.6 is 0 Å². The van der Waals surface area contributed by atoms with Gasteiger partial charge < -0.3 is 29.0 Å². The summed E-state index contributed by atoms with van der Waals surface area (Å²) in [6.07, 6.45) is 3.13. The average molecular weight is 687 g/mol. The molecule has 0 radical (unpaired) electrons. The molecule has 0 bridgehead atoms. The van der Waals surface area contributed by atoms with Gasteiger partial charge in [-0.2, -0.15) is 0 Å². The van der Waals surface area contributed by atoms with E-state index in [0.29, 0.717) is 12.8 Å². The van der Waals surface area contributed by atoms with Crippen molar-refractivity contribution in [3.8, 4) is 0 Å². The Balaban J connectivity index is 1.36. The van der Waals surface area contributed by atoms with Gasteiger partial charge in [-0.05, 0) is 98.5 Å². The summed E-state index contributed by atoms with van der Waals surface area (Å²) in [7, 11) is 5.52. The summed E-state index contributed by atoms with van der Waals surface area (Å²) in [4.78, 5) is 39.7. The third-order valence-corrected chi connectivity index (χ3v) is 12.2. The van der Waals surface area contributed by atoms with Crippen molar-refractivity contribution in [1.29, 1.82) is 0 Å². The van der Waals surface area contributed by atoms with Gasteiger partial charge in [-0.15, -0.1) is 0 Å². The number of nitrogens with zero attached hydrogens (tertiary/aromatic N) is 4. The number of carbonyl (C=O) groups excluding carboxylic acids is 2. The maximum Gasteiger partial charge on any atom is 0.319 e. The number of methoxy groups -OCH3 is 1. The van der Waals surface area contributed by atoms with Crippen molar-refractivity contribution >= 4 is 11.8 Å². The number of ketones is 1. The molecule has 5 rings (SSSR count). The van der Waals surface area contributed by atoms with Gasteiger partial charge in [0.1, 0.15) is 18.1 Å². The van der Waals surface area contributed by atoms with Crippen molar-refractivity contribution in [1.82, 2.24) is 19.7 Å². The van der Waals surface area contributed by atoms with E-state index >= 15 is 0 Å². The molecule has 0 spiro atoms. The van der Waals surface area contributed by atoms with E-state index in [2.05, 4.69) is 34.7 Å². The number of aliphatic hydroxyl groups excluding tert-OH is 1. The molecule has 49 heavy (non-hydrogen) atoms. The summed E-state index contributed by atoms with van der Waals surface area (Å²) < 4.78 is 25.2. The number of pyridine rings is 1. The van der Waals surface area contributed by atoms with Gasteiger partial charge in [-0.25, -0.2) is 0 Å². The fourth-order valence-corrected chi connectivity index (χ4v) is 8.98. The van der Waals surface area contributed by atoms with Crippen LogP contribution in [0.25, 0.3) is 0 Å². The Morgan fingerprint density at radius 1 is 1.14 bits per heavy atom. The zero-order valence-electron chi connectivity index (χ0n) is 31.6. The van der Waals surface area contributed by atoms with E-state index in [0.717, 1.165) is 45.4 Å². The third-order valence-electron chi connectivity index (χ3n) is 12.2. The average Bonchev–Trinajstić information content (AvgIpc) is 3.61. The highest BCUT2D eigenvalue weighted by molar-refractivity contribution is 6.04. The molecule has 0 amide bonds. The molecule has 0 aromatic carbocycles. The maximum absolute atomic E-state index is 14.3. The monoisotopic (exact) mass is 686 g/mol. The molecule has 5 heterocycles. The molecule has 4 aliphatic heterocycles. The quantitative estimate of drug-likeness (QED) is 0.246. The van der Waals surface area contributed by atoms with Gasteiger partial charge in [0, 0.05) is 63.1 Å². The highest BCUT2D eigenvalue weighted by Gasteiger charge is 2.61. The number of rotatable bonds is 8. The van der Waals surface area contributed by atoms with E-state index in [9.17, 15) is 14.7 Å². The van der Waals surface area contributed by atoms with E-state index in [1.54, 1.807) is 27.9 Å². The number of cyclic esters (lactones) is 1. The van der Waals surface area contributed by atoms with Gasteiger partial charge in [0.2, 0.25) is 0 Å². The van der Waals surface area contributed by atoms with Crippen LogP contribution in [0.4, 0.5) is 0 Å². The van der Waals surface area contributed by atoms with Crippen LogP contribution in [0.2, 0.25) is 0 Å². The maximum atomic E-state index is 14.3. The first kappa shape index (κ1) is 38.2. The zero-order chi connectivity index (χ0) is 35.9. The number of Topliss-reactive ketones (excluding diaryl/α,β-unsaturated/α-hetero) is 1. The lowest BCUT2D eigenvalue weighted by molar-refractivity contribution is -0.295. The van der Waals surface area contributed by atoms with Crippen molar-refractivity contribution in [3.63, 3.8) is 0 Å². The number of likely N-dealkylation sites (N-methyl/N-ethyl adjacent to an activating group) is 1. The number of hydrogen-bond acceptors (Lipinski definition) is 11. The molecule has 3 fully saturated rings. The van der Waals surface area contributed by atoms with Crippen LogP contribution in [0.3, 0.4) is 0 Å². The van der Waals surface area contributed by atoms with Crippen molar-refractivity contribution < 1.29 is 33.6 Å². The number of carbonyl (C=O) groups is 2. The van der Waals surface area contributed by atoms with E-state index in [1.807, 2.05) is 45.1 Å². The van der Waals surface area contributed by atoms with Crippen LogP contribution in [0, 0.1) is 17.3 Å². The molecule has 0 saturated carbocycles. The molecule has 11 heteroatoms. The SMILES string of the molecule is CO[C@]1(C)C[C@@H](C)CN2C(C)C2(CCCN2CCc3ncccc3C2)COC(=O)C(C)(C)C(=O)[C@H](C)[C@H]1O[C@@H]1O[C@H](C)C[C@H](N(C)C)[C@H]1O. The molecule has 3 saturated heterocycles. The van der Waals surface area contributed by atoms with Gasteiger partial charge in [0.25, 0.3) is 0 Å². The van der Waals surface area contributed by atoms with Crippen LogP contribution in [-0.2, 0) is 41.5 Å². The number of aromatic nitrogens is 1. The molecule has 1 N–H and O–H groups in total. The molecule has 1 aromatic heterocycles. The highest BCUT2D eigenvalue weighted by Crippen LogP contribution is 2.47. The highest BCUT2D eigenvalue weighted by atomic mass is 16.7. The minimum atomic E-state index is -1.42. The van der Waals surface area contributed by atoms with Crippen LogP contribution in [0.1, 0.15) is 85.4 Å². The van der Waals surface area contributed by atoms with E-state index < -0.39 is 41.4 Å². The molecule has 276 valence electrons. The molecule has 11 nitrogen and oxygen atoms in total. The standard InChI is InChI=1S/C38H62N4O7/c1-24-20-37(7,46-10)33(49-34-31(43)30(40(8)9)19-25(2)48-34)26(3)32(44)36(5,6)35(45)47-23-38(27(4)42(38)21-24)15-12-17-41-18-14-29-28(22-41)13-11-16-39-29/h11,13,16,24-27,30-31,33-34,43H,12,14-15,17-23H2,1-10H3/t24-,25-,26+,27?,30+,31-,33-,34+,37-,38?,42?/m1/s1. The Kier molecular flexibility index (Phi) is 11.7. The first-order valence-corrected chi connectivity index (χ1v) is 18.4. The van der Waals surface area contributed by atoms with Gasteiger partial charge in [-0.3, -0.25) is 24.4 Å². The second-order valence-electron chi connectivity index (χ2n) is 16.5. The topological polar surface area (TPSA) is 114 Å². The Labute approximate surface area is 294 Å². The predicted molar refractivity (Wildman–Crippen MR) is 187 cm³/mol. The first-order chi connectivity index (χ1) is 23.0. The third kappa shape index (κ3) is 7.78.